The molecule has 29 heavy (non-hydrogen) atoms. The second-order valence-corrected chi connectivity index (χ2v) is 8.68. The van der Waals surface area contributed by atoms with Crippen molar-refractivity contribution in [2.75, 3.05) is 28.3 Å². The Morgan fingerprint density at radius 3 is 2.24 bits per heavy atom. The van der Waals surface area contributed by atoms with Gasteiger partial charge in [0.05, 0.1) is 12.0 Å². The molecule has 0 spiro atoms. The second kappa shape index (κ2) is 11.4. The predicted octanol–water partition coefficient (Wildman–Crippen LogP) is 2.74. The van der Waals surface area contributed by atoms with Crippen molar-refractivity contribution in [3.8, 4) is 5.75 Å². The molecule has 0 amide bonds. The molecule has 0 saturated heterocycles. The highest BCUT2D eigenvalue weighted by Gasteiger charge is 2.16. The van der Waals surface area contributed by atoms with Gasteiger partial charge >= 0.3 is 0 Å². The zero-order chi connectivity index (χ0) is 20.7. The zero-order valence-electron chi connectivity index (χ0n) is 17.4. The van der Waals surface area contributed by atoms with Crippen LogP contribution in [0.4, 0.5) is 0 Å². The Hall–Kier alpha value is -1.85. The third kappa shape index (κ3) is 6.86. The molecule has 2 rings (SSSR count). The zero-order valence-corrected chi connectivity index (χ0v) is 20.5. The second-order valence-electron chi connectivity index (χ2n) is 6.53. The van der Waals surface area contributed by atoms with Crippen molar-refractivity contribution < 1.29 is 13.2 Å². The van der Waals surface area contributed by atoms with Gasteiger partial charge in [-0.2, -0.15) is 0 Å². The molecule has 0 atom stereocenters. The molecule has 2 N–H and O–H groups in total. The summed E-state index contributed by atoms with van der Waals surface area (Å²) in [5.74, 6) is 1.48. The molecule has 0 fully saturated rings. The molecular weight excluding hydrogens is 503 g/mol. The normalized spacial score (nSPS) is 11.7. The first-order chi connectivity index (χ1) is 13.3. The van der Waals surface area contributed by atoms with Gasteiger partial charge in [-0.25, -0.2) is 12.7 Å². The summed E-state index contributed by atoms with van der Waals surface area (Å²) < 4.78 is 30.9. The summed E-state index contributed by atoms with van der Waals surface area (Å²) in [6, 6.07) is 12.9. The van der Waals surface area contributed by atoms with Crippen LogP contribution in [0.5, 0.6) is 5.75 Å². The van der Waals surface area contributed by atoms with E-state index >= 15 is 0 Å². The number of halogens is 1. The number of methoxy groups -OCH3 is 1. The summed E-state index contributed by atoms with van der Waals surface area (Å²) >= 11 is 0. The first-order valence-electron chi connectivity index (χ1n) is 8.87. The fourth-order valence-corrected chi connectivity index (χ4v) is 3.47. The first-order valence-corrected chi connectivity index (χ1v) is 10.3. The van der Waals surface area contributed by atoms with Gasteiger partial charge in [-0.3, -0.25) is 4.99 Å². The van der Waals surface area contributed by atoms with E-state index in [1.54, 1.807) is 38.4 Å². The van der Waals surface area contributed by atoms with Crippen molar-refractivity contribution in [1.82, 2.24) is 14.9 Å². The van der Waals surface area contributed by atoms with Crippen LogP contribution >= 0.6 is 24.0 Å². The van der Waals surface area contributed by atoms with Crippen LogP contribution in [-0.2, 0) is 23.1 Å². The van der Waals surface area contributed by atoms with Crippen LogP contribution in [0.3, 0.4) is 0 Å². The molecule has 0 aliphatic heterocycles. The third-order valence-electron chi connectivity index (χ3n) is 4.27. The molecule has 0 bridgehead atoms. The van der Waals surface area contributed by atoms with E-state index in [4.69, 9.17) is 4.74 Å². The molecule has 2 aromatic carbocycles. The lowest BCUT2D eigenvalue weighted by Crippen LogP contribution is -2.36. The number of hydrogen-bond acceptors (Lipinski definition) is 4. The molecule has 9 heteroatoms. The fraction of sp³-hybridized carbons (Fsp3) is 0.350. The maximum Gasteiger partial charge on any atom is 0.242 e. The fourth-order valence-electron chi connectivity index (χ4n) is 2.57. The molecule has 0 aliphatic rings. The summed E-state index contributed by atoms with van der Waals surface area (Å²) in [7, 11) is 2.98. The minimum absolute atomic E-state index is 0. The highest BCUT2D eigenvalue weighted by Crippen LogP contribution is 2.19. The van der Waals surface area contributed by atoms with E-state index in [1.165, 1.54) is 18.4 Å². The van der Waals surface area contributed by atoms with E-state index < -0.39 is 10.0 Å². The molecule has 0 unspecified atom stereocenters. The molecule has 7 nitrogen and oxygen atoms in total. The molecule has 0 heterocycles. The Kier molecular flexibility index (Phi) is 9.87. The summed E-state index contributed by atoms with van der Waals surface area (Å²) in [5, 5.41) is 6.48. The van der Waals surface area contributed by atoms with Crippen LogP contribution in [0.25, 0.3) is 0 Å². The monoisotopic (exact) mass is 532 g/mol. The van der Waals surface area contributed by atoms with E-state index in [-0.39, 0.29) is 28.9 Å². The van der Waals surface area contributed by atoms with Gasteiger partial charge in [-0.15, -0.1) is 24.0 Å². The minimum atomic E-state index is -3.41. The highest BCUT2D eigenvalue weighted by molar-refractivity contribution is 14.0. The van der Waals surface area contributed by atoms with Crippen molar-refractivity contribution >= 4 is 40.0 Å². The molecule has 160 valence electrons. The van der Waals surface area contributed by atoms with Gasteiger partial charge in [-0.1, -0.05) is 24.3 Å². The van der Waals surface area contributed by atoms with Crippen LogP contribution in [0.2, 0.25) is 0 Å². The molecule has 2 aromatic rings. The lowest BCUT2D eigenvalue weighted by molar-refractivity contribution is 0.408. The predicted molar refractivity (Wildman–Crippen MR) is 127 cm³/mol. The van der Waals surface area contributed by atoms with E-state index in [0.717, 1.165) is 22.4 Å². The van der Waals surface area contributed by atoms with Crippen molar-refractivity contribution in [2.24, 2.45) is 4.99 Å². The van der Waals surface area contributed by atoms with Crippen LogP contribution in [-0.4, -0.2) is 46.9 Å². The van der Waals surface area contributed by atoms with E-state index in [1.807, 2.05) is 25.1 Å². The standard InChI is InChI=1S/C20H28N4O3S.HI/c1-15-6-9-17(19(12-15)27-5)14-23-20(21-2)22-13-16-7-10-18(11-8-16)28(25,26)24(3)4;/h6-12H,13-14H2,1-5H3,(H2,21,22,23);1H. The SMILES string of the molecule is CN=C(NCc1ccc(S(=O)(=O)N(C)C)cc1)NCc1ccc(C)cc1OC.I. The summed E-state index contributed by atoms with van der Waals surface area (Å²) in [6.07, 6.45) is 0. The Morgan fingerprint density at radius 1 is 1.07 bits per heavy atom. The van der Waals surface area contributed by atoms with Gasteiger partial charge < -0.3 is 15.4 Å². The van der Waals surface area contributed by atoms with Crippen molar-refractivity contribution in [3.63, 3.8) is 0 Å². The average Bonchev–Trinajstić information content (AvgIpc) is 2.69. The number of rotatable bonds is 7. The average molecular weight is 532 g/mol. The number of ether oxygens (including phenoxy) is 1. The molecular formula is C20H29IN4O3S. The third-order valence-corrected chi connectivity index (χ3v) is 6.10. The number of aliphatic imine (C=N–C) groups is 1. The summed E-state index contributed by atoms with van der Waals surface area (Å²) in [6.45, 7) is 3.12. The van der Waals surface area contributed by atoms with Crippen LogP contribution in [0.15, 0.2) is 52.4 Å². The molecule has 0 saturated carbocycles. The Bertz CT molecular complexity index is 929. The van der Waals surface area contributed by atoms with Crippen LogP contribution in [0.1, 0.15) is 16.7 Å². The number of hydrogen-bond donors (Lipinski definition) is 2. The summed E-state index contributed by atoms with van der Waals surface area (Å²) in [5.41, 5.74) is 3.13. The van der Waals surface area contributed by atoms with Gasteiger partial charge in [0.1, 0.15) is 5.75 Å². The van der Waals surface area contributed by atoms with Gasteiger partial charge in [0.2, 0.25) is 10.0 Å². The number of guanidine groups is 1. The maximum atomic E-state index is 12.1. The van der Waals surface area contributed by atoms with Crippen LogP contribution < -0.4 is 15.4 Å². The quantitative estimate of drug-likeness (QED) is 0.326. The van der Waals surface area contributed by atoms with E-state index in [9.17, 15) is 8.42 Å². The lowest BCUT2D eigenvalue weighted by atomic mass is 10.1. The van der Waals surface area contributed by atoms with E-state index in [0.29, 0.717) is 19.0 Å². The number of sulfonamides is 1. The molecule has 0 radical (unpaired) electrons. The number of aryl methyl sites for hydroxylation is 1. The number of nitrogens with zero attached hydrogens (tertiary/aromatic N) is 2. The van der Waals surface area contributed by atoms with E-state index in [2.05, 4.69) is 15.6 Å². The van der Waals surface area contributed by atoms with Crippen LogP contribution in [0, 0.1) is 6.92 Å². The molecule has 0 aliphatic carbocycles. The molecule has 0 aromatic heterocycles. The highest BCUT2D eigenvalue weighted by atomic mass is 127. The topological polar surface area (TPSA) is 83.0 Å². The van der Waals surface area contributed by atoms with Crippen molar-refractivity contribution in [2.45, 2.75) is 24.9 Å². The Labute approximate surface area is 190 Å². The smallest absolute Gasteiger partial charge is 0.242 e. The van der Waals surface area contributed by atoms with Crippen molar-refractivity contribution in [1.29, 1.82) is 0 Å². The largest absolute Gasteiger partial charge is 0.496 e. The number of nitrogens with one attached hydrogen (secondary N) is 2. The Morgan fingerprint density at radius 2 is 1.69 bits per heavy atom. The lowest BCUT2D eigenvalue weighted by Gasteiger charge is -2.15. The van der Waals surface area contributed by atoms with Crippen molar-refractivity contribution in [3.05, 3.63) is 59.2 Å². The summed E-state index contributed by atoms with van der Waals surface area (Å²) in [4.78, 5) is 4.50. The minimum Gasteiger partial charge on any atom is -0.496 e. The number of benzene rings is 2. The first kappa shape index (κ1) is 25.2. The van der Waals surface area contributed by atoms with Gasteiger partial charge in [0, 0.05) is 39.8 Å². The van der Waals surface area contributed by atoms with Gasteiger partial charge in [0.25, 0.3) is 0 Å². The maximum absolute atomic E-state index is 12.1. The van der Waals surface area contributed by atoms with Gasteiger partial charge in [0.15, 0.2) is 5.96 Å². The van der Waals surface area contributed by atoms with Gasteiger partial charge in [-0.05, 0) is 36.2 Å². The Balaban J connectivity index is 0.00000420.